The Morgan fingerprint density at radius 3 is 2.44 bits per heavy atom. The van der Waals surface area contributed by atoms with Gasteiger partial charge in [0.05, 0.1) is 43.2 Å². The van der Waals surface area contributed by atoms with Crippen molar-refractivity contribution in [1.82, 2.24) is 9.97 Å². The molecule has 0 radical (unpaired) electrons. The van der Waals surface area contributed by atoms with Gasteiger partial charge in [-0.25, -0.2) is 13.8 Å². The number of aliphatic hydroxyl groups excluding tert-OH is 1. The van der Waals surface area contributed by atoms with Gasteiger partial charge in [0.2, 0.25) is 11.7 Å². The summed E-state index contributed by atoms with van der Waals surface area (Å²) in [4.78, 5) is 8.83. The van der Waals surface area contributed by atoms with Gasteiger partial charge in [-0.2, -0.15) is 4.39 Å². The van der Waals surface area contributed by atoms with Crippen LogP contribution in [0.4, 0.5) is 18.9 Å². The number of pyridine rings is 1. The highest BCUT2D eigenvalue weighted by atomic mass is 19.1. The van der Waals surface area contributed by atoms with E-state index in [-0.39, 0.29) is 35.9 Å². The van der Waals surface area contributed by atoms with Gasteiger partial charge in [0.15, 0.2) is 6.10 Å². The molecule has 194 valence electrons. The van der Waals surface area contributed by atoms with Crippen LogP contribution in [0.15, 0.2) is 24.3 Å². The molecule has 3 aliphatic rings. The molecule has 0 aliphatic carbocycles. The molecule has 1 aromatic carbocycles. The molecule has 5 heterocycles. The molecule has 0 amide bonds. The summed E-state index contributed by atoms with van der Waals surface area (Å²) < 4.78 is 67.1. The van der Waals surface area contributed by atoms with Crippen LogP contribution in [0.2, 0.25) is 0 Å². The third kappa shape index (κ3) is 4.40. The zero-order valence-electron chi connectivity index (χ0n) is 20.0. The van der Waals surface area contributed by atoms with Crippen LogP contribution in [0.25, 0.3) is 22.3 Å². The summed E-state index contributed by atoms with van der Waals surface area (Å²) in [6.07, 6.45) is -2.41. The summed E-state index contributed by atoms with van der Waals surface area (Å²) in [6.45, 7) is 6.31. The molecular weight excluding hydrogens is 479 g/mol. The highest BCUT2D eigenvalue weighted by molar-refractivity contribution is 5.81. The largest absolute Gasteiger partial charge is 0.468 e. The number of nitrogens with zero attached hydrogens (tertiary/aromatic N) is 2. The first-order valence-corrected chi connectivity index (χ1v) is 12.1. The fourth-order valence-electron chi connectivity index (χ4n) is 4.74. The number of aromatic nitrogens is 2. The van der Waals surface area contributed by atoms with Crippen LogP contribution in [0.3, 0.4) is 0 Å². The molecule has 11 heteroatoms. The number of aromatic amines is 1. The van der Waals surface area contributed by atoms with Crippen molar-refractivity contribution in [3.8, 4) is 17.1 Å². The van der Waals surface area contributed by atoms with Crippen molar-refractivity contribution in [2.45, 2.75) is 38.3 Å². The number of benzene rings is 1. The Morgan fingerprint density at radius 1 is 1.03 bits per heavy atom. The highest BCUT2D eigenvalue weighted by Crippen LogP contribution is 2.35. The number of nitrogens with one attached hydrogen (secondary N) is 1. The lowest BCUT2D eigenvalue weighted by Crippen LogP contribution is -2.36. The number of hydrogen-bond acceptors (Lipinski definition) is 7. The van der Waals surface area contributed by atoms with Crippen molar-refractivity contribution < 1.29 is 37.2 Å². The average molecular weight is 508 g/mol. The molecule has 3 aliphatic heterocycles. The topological polar surface area (TPSA) is 89.1 Å². The summed E-state index contributed by atoms with van der Waals surface area (Å²) >= 11 is 0. The number of rotatable bonds is 4. The molecule has 3 fully saturated rings. The molecule has 2 aromatic heterocycles. The Morgan fingerprint density at radius 2 is 1.72 bits per heavy atom. The average Bonchev–Trinajstić information content (AvgIpc) is 3.56. The lowest BCUT2D eigenvalue weighted by Gasteiger charge is -2.29. The molecule has 3 aromatic rings. The first-order chi connectivity index (χ1) is 17.5. The zero-order valence-corrected chi connectivity index (χ0v) is 20.0. The second-order valence-corrected chi connectivity index (χ2v) is 8.56. The molecule has 6 rings (SSSR count). The van der Waals surface area contributed by atoms with Crippen molar-refractivity contribution in [2.24, 2.45) is 0 Å². The maximum Gasteiger partial charge on any atom is 0.231 e. The Balaban J connectivity index is 0.00000130. The second kappa shape index (κ2) is 10.3. The minimum Gasteiger partial charge on any atom is -0.468 e. The smallest absolute Gasteiger partial charge is 0.231 e. The van der Waals surface area contributed by atoms with Gasteiger partial charge in [-0.3, -0.25) is 0 Å². The van der Waals surface area contributed by atoms with Crippen molar-refractivity contribution >= 4 is 16.7 Å². The van der Waals surface area contributed by atoms with Gasteiger partial charge in [0.1, 0.15) is 35.5 Å². The molecule has 2 N–H and O–H groups in total. The van der Waals surface area contributed by atoms with E-state index < -0.39 is 41.9 Å². The van der Waals surface area contributed by atoms with Crippen molar-refractivity contribution in [3.05, 3.63) is 41.7 Å². The van der Waals surface area contributed by atoms with E-state index in [9.17, 15) is 13.9 Å². The lowest BCUT2D eigenvalue weighted by molar-refractivity contribution is 0.00723. The minimum absolute atomic E-state index is 0.0352. The molecule has 0 bridgehead atoms. The number of aliphatic hydroxyl groups is 1. The van der Waals surface area contributed by atoms with Crippen LogP contribution in [-0.2, 0) is 14.2 Å². The summed E-state index contributed by atoms with van der Waals surface area (Å²) in [6, 6.07) is 5.42. The second-order valence-electron chi connectivity index (χ2n) is 8.56. The van der Waals surface area contributed by atoms with Crippen LogP contribution < -0.4 is 9.64 Å². The van der Waals surface area contributed by atoms with Crippen molar-refractivity contribution in [1.29, 1.82) is 0 Å². The Kier molecular flexibility index (Phi) is 7.07. The SMILES string of the molecule is CC.O[C@@H]1CO[C@H]2C1OC[C@H]2Oc1[nH]c2ccc(-c3c(F)cc(N4CCOCC4)cc3F)nc2c1F. The number of fused-ring (bicyclic) bond motifs is 2. The third-order valence-electron chi connectivity index (χ3n) is 6.46. The van der Waals surface area contributed by atoms with E-state index in [4.69, 9.17) is 18.9 Å². The van der Waals surface area contributed by atoms with Gasteiger partial charge in [-0.05, 0) is 24.3 Å². The molecular formula is C25H28F3N3O5. The summed E-state index contributed by atoms with van der Waals surface area (Å²) in [7, 11) is 0. The monoisotopic (exact) mass is 507 g/mol. The van der Waals surface area contributed by atoms with Crippen molar-refractivity contribution in [2.75, 3.05) is 44.4 Å². The van der Waals surface area contributed by atoms with Gasteiger partial charge in [0, 0.05) is 18.8 Å². The maximum atomic E-state index is 15.2. The Labute approximate surface area is 205 Å². The number of ether oxygens (including phenoxy) is 4. The molecule has 3 saturated heterocycles. The Hall–Kier alpha value is -2.86. The van der Waals surface area contributed by atoms with Crippen LogP contribution in [0.1, 0.15) is 13.8 Å². The van der Waals surface area contributed by atoms with E-state index in [0.717, 1.165) is 0 Å². The summed E-state index contributed by atoms with van der Waals surface area (Å²) in [5, 5.41) is 9.86. The zero-order chi connectivity index (χ0) is 25.4. The van der Waals surface area contributed by atoms with E-state index in [0.29, 0.717) is 37.5 Å². The van der Waals surface area contributed by atoms with Crippen LogP contribution in [0, 0.1) is 17.5 Å². The van der Waals surface area contributed by atoms with Gasteiger partial charge in [-0.15, -0.1) is 0 Å². The van der Waals surface area contributed by atoms with E-state index in [1.165, 1.54) is 24.3 Å². The van der Waals surface area contributed by atoms with Crippen molar-refractivity contribution in [3.63, 3.8) is 0 Å². The highest BCUT2D eigenvalue weighted by Gasteiger charge is 2.48. The number of anilines is 1. The van der Waals surface area contributed by atoms with Gasteiger partial charge in [0.25, 0.3) is 0 Å². The minimum atomic E-state index is -0.787. The summed E-state index contributed by atoms with van der Waals surface area (Å²) in [5.41, 5.74) is 0.258. The molecule has 4 atom stereocenters. The number of halogens is 3. The normalized spacial score (nSPS) is 25.6. The number of H-pyrrole nitrogens is 1. The first kappa shape index (κ1) is 24.8. The van der Waals surface area contributed by atoms with Crippen LogP contribution in [0.5, 0.6) is 5.88 Å². The molecule has 0 saturated carbocycles. The first-order valence-electron chi connectivity index (χ1n) is 12.1. The quantitative estimate of drug-likeness (QED) is 0.560. The van der Waals surface area contributed by atoms with Gasteiger partial charge in [-0.1, -0.05) is 13.8 Å². The molecule has 8 nitrogen and oxygen atoms in total. The van der Waals surface area contributed by atoms with E-state index in [1.54, 1.807) is 0 Å². The number of hydrogen-bond donors (Lipinski definition) is 2. The molecule has 0 spiro atoms. The summed E-state index contributed by atoms with van der Waals surface area (Å²) in [5.74, 6) is -2.54. The Bertz CT molecular complexity index is 1210. The maximum absolute atomic E-state index is 15.2. The van der Waals surface area contributed by atoms with E-state index in [1.807, 2.05) is 18.7 Å². The fourth-order valence-corrected chi connectivity index (χ4v) is 4.74. The van der Waals surface area contributed by atoms with Gasteiger partial charge < -0.3 is 33.9 Å². The molecule has 36 heavy (non-hydrogen) atoms. The van der Waals surface area contributed by atoms with E-state index in [2.05, 4.69) is 9.97 Å². The third-order valence-corrected chi connectivity index (χ3v) is 6.46. The number of morpholine rings is 1. The predicted molar refractivity (Wildman–Crippen MR) is 126 cm³/mol. The van der Waals surface area contributed by atoms with Gasteiger partial charge >= 0.3 is 0 Å². The predicted octanol–water partition coefficient (Wildman–Crippen LogP) is 3.42. The van der Waals surface area contributed by atoms with Crippen LogP contribution in [-0.4, -0.2) is 79.0 Å². The lowest BCUT2D eigenvalue weighted by atomic mass is 10.1. The van der Waals surface area contributed by atoms with Crippen LogP contribution >= 0.6 is 0 Å². The van der Waals surface area contributed by atoms with E-state index >= 15 is 4.39 Å². The molecule has 1 unspecified atom stereocenters. The standard InChI is InChI=1S/C23H22F3N3O5.C2H6/c24-12-7-11(29-3-5-31-6-4-29)8-13(25)18(12)14-1-2-15-20(27-14)19(26)23(28-15)34-17-10-33-21-16(30)9-32-22(17)21;1-2/h1-2,7-8,16-17,21-22,28,30H,3-6,9-10H2;1-2H3/t16-,17-,21?,22-;/m1./s1. The fraction of sp³-hybridized carbons (Fsp3) is 0.480.